The van der Waals surface area contributed by atoms with Crippen molar-refractivity contribution in [3.05, 3.63) is 42.2 Å². The number of nitrogens with one attached hydrogen (secondary N) is 2. The molecule has 0 spiro atoms. The monoisotopic (exact) mass is 266 g/mol. The van der Waals surface area contributed by atoms with E-state index in [2.05, 4.69) is 20.6 Å². The number of pyridine rings is 1. The molecule has 2 heterocycles. The maximum Gasteiger partial charge on any atom is 0.256 e. The van der Waals surface area contributed by atoms with Crippen molar-refractivity contribution in [2.24, 2.45) is 4.99 Å². The van der Waals surface area contributed by atoms with E-state index in [1.807, 2.05) is 24.3 Å². The Hall–Kier alpha value is -2.43. The van der Waals surface area contributed by atoms with Crippen LogP contribution in [0.4, 0.5) is 0 Å². The quantitative estimate of drug-likeness (QED) is 0.866. The highest BCUT2D eigenvalue weighted by Crippen LogP contribution is 2.28. The van der Waals surface area contributed by atoms with Gasteiger partial charge in [-0.2, -0.15) is 0 Å². The van der Waals surface area contributed by atoms with E-state index in [1.54, 1.807) is 12.4 Å². The van der Waals surface area contributed by atoms with Crippen LogP contribution in [0.1, 0.15) is 24.4 Å². The maximum absolute atomic E-state index is 12.1. The summed E-state index contributed by atoms with van der Waals surface area (Å²) in [7, 11) is 0. The van der Waals surface area contributed by atoms with Crippen LogP contribution in [0.25, 0.3) is 10.8 Å². The number of aliphatic imine (C=N–C) groups is 1. The number of fused-ring (bicyclic) bond motifs is 1. The van der Waals surface area contributed by atoms with Gasteiger partial charge in [0.15, 0.2) is 12.0 Å². The number of benzene rings is 1. The lowest BCUT2D eigenvalue weighted by atomic mass is 10.0. The van der Waals surface area contributed by atoms with Crippen molar-refractivity contribution in [1.82, 2.24) is 15.6 Å². The van der Waals surface area contributed by atoms with Crippen LogP contribution in [-0.4, -0.2) is 22.9 Å². The molecule has 1 aromatic heterocycles. The van der Waals surface area contributed by atoms with Gasteiger partial charge in [0.1, 0.15) is 0 Å². The molecule has 100 valence electrons. The number of rotatable bonds is 2. The number of amides is 1. The molecule has 1 atom stereocenters. The minimum atomic E-state index is -0.505. The zero-order chi connectivity index (χ0) is 13.5. The summed E-state index contributed by atoms with van der Waals surface area (Å²) >= 11 is 0. The Balaban J connectivity index is 1.74. The smallest absolute Gasteiger partial charge is 0.256 e. The van der Waals surface area contributed by atoms with Crippen molar-refractivity contribution in [2.45, 2.75) is 24.9 Å². The van der Waals surface area contributed by atoms with E-state index in [0.29, 0.717) is 12.0 Å². The SMILES string of the molecule is O=C1NC(NC2CC2)=NC1c1cncc2ccccc12. The van der Waals surface area contributed by atoms with Crippen molar-refractivity contribution in [3.63, 3.8) is 0 Å². The Morgan fingerprint density at radius 1 is 1.20 bits per heavy atom. The Kier molecular flexibility index (Phi) is 2.45. The third-order valence-electron chi connectivity index (χ3n) is 3.66. The third-order valence-corrected chi connectivity index (χ3v) is 3.66. The van der Waals surface area contributed by atoms with Gasteiger partial charge < -0.3 is 5.32 Å². The van der Waals surface area contributed by atoms with Crippen molar-refractivity contribution >= 4 is 22.6 Å². The van der Waals surface area contributed by atoms with Gasteiger partial charge in [-0.1, -0.05) is 24.3 Å². The fourth-order valence-corrected chi connectivity index (χ4v) is 2.47. The second-order valence-corrected chi connectivity index (χ2v) is 5.24. The van der Waals surface area contributed by atoms with E-state index in [-0.39, 0.29) is 5.91 Å². The number of hydrogen-bond acceptors (Lipinski definition) is 4. The Morgan fingerprint density at radius 3 is 2.90 bits per heavy atom. The van der Waals surface area contributed by atoms with E-state index in [0.717, 1.165) is 29.2 Å². The Morgan fingerprint density at radius 2 is 2.05 bits per heavy atom. The van der Waals surface area contributed by atoms with Gasteiger partial charge in [-0.05, 0) is 18.2 Å². The van der Waals surface area contributed by atoms with E-state index in [1.165, 1.54) is 0 Å². The largest absolute Gasteiger partial charge is 0.353 e. The average Bonchev–Trinajstić information content (AvgIpc) is 3.20. The fourth-order valence-electron chi connectivity index (χ4n) is 2.47. The molecule has 1 amide bonds. The van der Waals surface area contributed by atoms with Gasteiger partial charge in [0.2, 0.25) is 0 Å². The molecule has 1 fully saturated rings. The standard InChI is InChI=1S/C15H14N4O/c20-14-13(18-15(19-14)17-10-5-6-10)12-8-16-7-9-3-1-2-4-11(9)12/h1-4,7-8,10,13H,5-6H2,(H2,17,18,19,20). The first-order chi connectivity index (χ1) is 9.81. The van der Waals surface area contributed by atoms with Gasteiger partial charge in [0.05, 0.1) is 0 Å². The molecule has 0 bridgehead atoms. The van der Waals surface area contributed by atoms with E-state index < -0.39 is 6.04 Å². The van der Waals surface area contributed by atoms with Gasteiger partial charge in [-0.3, -0.25) is 15.1 Å². The highest BCUT2D eigenvalue weighted by molar-refractivity contribution is 6.06. The van der Waals surface area contributed by atoms with Gasteiger partial charge in [-0.25, -0.2) is 4.99 Å². The number of aromatic nitrogens is 1. The van der Waals surface area contributed by atoms with Crippen LogP contribution >= 0.6 is 0 Å². The normalized spacial score (nSPS) is 21.7. The summed E-state index contributed by atoms with van der Waals surface area (Å²) in [6.45, 7) is 0. The molecule has 0 saturated heterocycles. The van der Waals surface area contributed by atoms with Crippen molar-refractivity contribution < 1.29 is 4.79 Å². The molecule has 5 heteroatoms. The molecule has 20 heavy (non-hydrogen) atoms. The summed E-state index contributed by atoms with van der Waals surface area (Å²) in [5.41, 5.74) is 0.855. The fraction of sp³-hybridized carbons (Fsp3) is 0.267. The van der Waals surface area contributed by atoms with Crippen LogP contribution in [0.2, 0.25) is 0 Å². The number of carbonyl (C=O) groups excluding carboxylic acids is 1. The molecule has 0 radical (unpaired) electrons. The first-order valence-corrected chi connectivity index (χ1v) is 6.79. The lowest BCUT2D eigenvalue weighted by Crippen LogP contribution is -2.37. The summed E-state index contributed by atoms with van der Waals surface area (Å²) in [5.74, 6) is 0.502. The van der Waals surface area contributed by atoms with Crippen LogP contribution in [0.15, 0.2) is 41.7 Å². The van der Waals surface area contributed by atoms with Crippen LogP contribution in [-0.2, 0) is 4.79 Å². The molecular weight excluding hydrogens is 252 g/mol. The minimum absolute atomic E-state index is 0.0914. The predicted octanol–water partition coefficient (Wildman–Crippen LogP) is 1.51. The van der Waals surface area contributed by atoms with Crippen molar-refractivity contribution in [3.8, 4) is 0 Å². The number of hydrogen-bond donors (Lipinski definition) is 2. The van der Waals surface area contributed by atoms with Gasteiger partial charge >= 0.3 is 0 Å². The zero-order valence-electron chi connectivity index (χ0n) is 10.8. The molecular formula is C15H14N4O. The molecule has 1 unspecified atom stereocenters. The van der Waals surface area contributed by atoms with Gasteiger partial charge in [0, 0.05) is 29.4 Å². The first kappa shape index (κ1) is 11.4. The molecule has 1 aromatic carbocycles. The molecule has 2 aliphatic rings. The van der Waals surface area contributed by atoms with E-state index >= 15 is 0 Å². The second-order valence-electron chi connectivity index (χ2n) is 5.24. The third kappa shape index (κ3) is 1.91. The molecule has 1 aliphatic heterocycles. The lowest BCUT2D eigenvalue weighted by molar-refractivity contribution is -0.120. The van der Waals surface area contributed by atoms with E-state index in [9.17, 15) is 4.79 Å². The minimum Gasteiger partial charge on any atom is -0.353 e. The van der Waals surface area contributed by atoms with Crippen LogP contribution in [0.3, 0.4) is 0 Å². The lowest BCUT2D eigenvalue weighted by Gasteiger charge is -2.08. The van der Waals surface area contributed by atoms with E-state index in [4.69, 9.17) is 0 Å². The zero-order valence-corrected chi connectivity index (χ0v) is 10.8. The maximum atomic E-state index is 12.1. The van der Waals surface area contributed by atoms with Crippen LogP contribution in [0.5, 0.6) is 0 Å². The summed E-state index contributed by atoms with van der Waals surface area (Å²) in [4.78, 5) is 20.8. The molecule has 5 nitrogen and oxygen atoms in total. The average molecular weight is 266 g/mol. The highest BCUT2D eigenvalue weighted by Gasteiger charge is 2.32. The van der Waals surface area contributed by atoms with Crippen molar-refractivity contribution in [1.29, 1.82) is 0 Å². The molecule has 1 aliphatic carbocycles. The highest BCUT2D eigenvalue weighted by atomic mass is 16.2. The second kappa shape index (κ2) is 4.30. The molecule has 1 saturated carbocycles. The van der Waals surface area contributed by atoms with Crippen LogP contribution in [0, 0.1) is 0 Å². The summed E-state index contributed by atoms with van der Waals surface area (Å²) in [5, 5.41) is 8.09. The predicted molar refractivity (Wildman–Crippen MR) is 76.2 cm³/mol. The Labute approximate surface area is 116 Å². The molecule has 2 N–H and O–H groups in total. The molecule has 2 aromatic rings. The summed E-state index contributed by atoms with van der Waals surface area (Å²) in [6, 6.07) is 7.89. The first-order valence-electron chi connectivity index (χ1n) is 6.79. The van der Waals surface area contributed by atoms with Gasteiger partial charge in [0.25, 0.3) is 5.91 Å². The Bertz CT molecular complexity index is 715. The van der Waals surface area contributed by atoms with Crippen molar-refractivity contribution in [2.75, 3.05) is 0 Å². The summed E-state index contributed by atoms with van der Waals surface area (Å²) in [6.07, 6.45) is 5.83. The van der Waals surface area contributed by atoms with Crippen LogP contribution < -0.4 is 10.6 Å². The van der Waals surface area contributed by atoms with Gasteiger partial charge in [-0.15, -0.1) is 0 Å². The number of guanidine groups is 1. The topological polar surface area (TPSA) is 66.4 Å². The summed E-state index contributed by atoms with van der Waals surface area (Å²) < 4.78 is 0. The number of nitrogens with zero attached hydrogens (tertiary/aromatic N) is 2. The number of carbonyl (C=O) groups is 1. The molecule has 4 rings (SSSR count).